The first-order chi connectivity index (χ1) is 13.4. The summed E-state index contributed by atoms with van der Waals surface area (Å²) in [4.78, 5) is 38.3. The lowest BCUT2D eigenvalue weighted by Gasteiger charge is -2.02. The summed E-state index contributed by atoms with van der Waals surface area (Å²) in [6, 6.07) is 3.57. The smallest absolute Gasteiger partial charge is 0.267 e. The van der Waals surface area contributed by atoms with E-state index in [2.05, 4.69) is 20.3 Å². The van der Waals surface area contributed by atoms with Crippen molar-refractivity contribution in [2.75, 3.05) is 5.32 Å². The molecule has 0 spiro atoms. The van der Waals surface area contributed by atoms with E-state index in [1.807, 2.05) is 13.8 Å². The molecule has 8 nitrogen and oxygen atoms in total. The van der Waals surface area contributed by atoms with Gasteiger partial charge in [0, 0.05) is 10.8 Å². The molecule has 28 heavy (non-hydrogen) atoms. The molecule has 0 bridgehead atoms. The van der Waals surface area contributed by atoms with Gasteiger partial charge in [0.15, 0.2) is 16.7 Å². The molecule has 2 amide bonds. The summed E-state index contributed by atoms with van der Waals surface area (Å²) >= 11 is 2.54. The molecule has 0 aromatic carbocycles. The number of hydrogen-bond donors (Lipinski definition) is 2. The Hall–Kier alpha value is -3.11. The van der Waals surface area contributed by atoms with Crippen molar-refractivity contribution >= 4 is 49.8 Å². The summed E-state index contributed by atoms with van der Waals surface area (Å²) in [5.41, 5.74) is 7.30. The average molecular weight is 413 g/mol. The van der Waals surface area contributed by atoms with E-state index in [0.29, 0.717) is 27.3 Å². The zero-order chi connectivity index (χ0) is 19.8. The molecule has 4 rings (SSSR count). The third kappa shape index (κ3) is 3.39. The molecular weight excluding hydrogens is 398 g/mol. The number of nitrogens with two attached hydrogens (primary N) is 1. The Balaban J connectivity index is 1.65. The summed E-state index contributed by atoms with van der Waals surface area (Å²) in [5, 5.41) is 5.75. The molecular formula is C18H15N5O3S2. The SMILES string of the molecule is Cc1nc(-c2ccco2)nc2sc(C(=O)Nc3nc(CC(N)=O)cs3)c(C)c12. The van der Waals surface area contributed by atoms with E-state index in [1.54, 1.807) is 23.8 Å². The molecule has 0 aliphatic rings. The van der Waals surface area contributed by atoms with Crippen LogP contribution in [0.3, 0.4) is 0 Å². The van der Waals surface area contributed by atoms with Gasteiger partial charge in [-0.05, 0) is 31.5 Å². The van der Waals surface area contributed by atoms with Crippen LogP contribution in [-0.2, 0) is 11.2 Å². The molecule has 3 N–H and O–H groups in total. The zero-order valence-corrected chi connectivity index (χ0v) is 16.6. The van der Waals surface area contributed by atoms with Gasteiger partial charge in [-0.15, -0.1) is 22.7 Å². The fourth-order valence-corrected chi connectivity index (χ4v) is 4.68. The predicted octanol–water partition coefficient (Wildman–Crippen LogP) is 3.30. The Bertz CT molecular complexity index is 1190. The number of hydrogen-bond acceptors (Lipinski definition) is 8. The topological polar surface area (TPSA) is 124 Å². The van der Waals surface area contributed by atoms with Crippen molar-refractivity contribution in [3.63, 3.8) is 0 Å². The second-order valence-electron chi connectivity index (χ2n) is 6.09. The number of aryl methyl sites for hydroxylation is 2. The second-order valence-corrected chi connectivity index (χ2v) is 7.94. The van der Waals surface area contributed by atoms with Gasteiger partial charge in [-0.25, -0.2) is 15.0 Å². The minimum atomic E-state index is -0.468. The van der Waals surface area contributed by atoms with E-state index >= 15 is 0 Å². The molecule has 0 aliphatic heterocycles. The molecule has 0 fully saturated rings. The molecule has 0 saturated heterocycles. The quantitative estimate of drug-likeness (QED) is 0.517. The molecule has 0 saturated carbocycles. The van der Waals surface area contributed by atoms with Crippen molar-refractivity contribution in [2.45, 2.75) is 20.3 Å². The van der Waals surface area contributed by atoms with E-state index in [0.717, 1.165) is 21.5 Å². The van der Waals surface area contributed by atoms with Crippen LogP contribution in [0.2, 0.25) is 0 Å². The van der Waals surface area contributed by atoms with Gasteiger partial charge in [0.1, 0.15) is 4.83 Å². The van der Waals surface area contributed by atoms with E-state index in [4.69, 9.17) is 10.2 Å². The first-order valence-electron chi connectivity index (χ1n) is 8.28. The highest BCUT2D eigenvalue weighted by Crippen LogP contribution is 2.33. The van der Waals surface area contributed by atoms with Crippen molar-refractivity contribution in [2.24, 2.45) is 5.73 Å². The summed E-state index contributed by atoms with van der Waals surface area (Å²) in [5.74, 6) is 0.315. The third-order valence-corrected chi connectivity index (χ3v) is 6.04. The number of anilines is 1. The minimum Gasteiger partial charge on any atom is -0.461 e. The number of nitrogens with one attached hydrogen (secondary N) is 1. The second kappa shape index (κ2) is 7.13. The monoisotopic (exact) mass is 413 g/mol. The van der Waals surface area contributed by atoms with Crippen LogP contribution in [0.25, 0.3) is 21.8 Å². The Labute approximate surface area is 167 Å². The predicted molar refractivity (Wildman–Crippen MR) is 108 cm³/mol. The Kier molecular flexibility index (Phi) is 4.65. The molecule has 4 aromatic heterocycles. The summed E-state index contributed by atoms with van der Waals surface area (Å²) in [7, 11) is 0. The molecule has 10 heteroatoms. The van der Waals surface area contributed by atoms with Gasteiger partial charge in [-0.1, -0.05) is 0 Å². The number of fused-ring (bicyclic) bond motifs is 1. The van der Waals surface area contributed by atoms with Gasteiger partial charge >= 0.3 is 0 Å². The number of aromatic nitrogens is 3. The fraction of sp³-hybridized carbons (Fsp3) is 0.167. The number of carbonyl (C=O) groups excluding carboxylic acids is 2. The Morgan fingerprint density at radius 3 is 2.79 bits per heavy atom. The Morgan fingerprint density at radius 1 is 1.25 bits per heavy atom. The van der Waals surface area contributed by atoms with Gasteiger partial charge in [0.25, 0.3) is 5.91 Å². The highest BCUT2D eigenvalue weighted by atomic mass is 32.1. The lowest BCUT2D eigenvalue weighted by atomic mass is 10.1. The molecule has 0 unspecified atom stereocenters. The molecule has 4 aromatic rings. The molecule has 0 radical (unpaired) electrons. The zero-order valence-electron chi connectivity index (χ0n) is 15.0. The van der Waals surface area contributed by atoms with Crippen molar-refractivity contribution in [1.82, 2.24) is 15.0 Å². The van der Waals surface area contributed by atoms with Crippen LogP contribution in [0.15, 0.2) is 28.2 Å². The van der Waals surface area contributed by atoms with Crippen LogP contribution in [0.5, 0.6) is 0 Å². The highest BCUT2D eigenvalue weighted by Gasteiger charge is 2.21. The van der Waals surface area contributed by atoms with Crippen molar-refractivity contribution in [3.05, 3.63) is 45.6 Å². The number of thiophene rings is 1. The number of primary amides is 1. The molecule has 0 atom stereocenters. The van der Waals surface area contributed by atoms with Crippen molar-refractivity contribution in [3.8, 4) is 11.6 Å². The van der Waals surface area contributed by atoms with Crippen molar-refractivity contribution in [1.29, 1.82) is 0 Å². The van der Waals surface area contributed by atoms with E-state index in [9.17, 15) is 9.59 Å². The largest absolute Gasteiger partial charge is 0.461 e. The maximum Gasteiger partial charge on any atom is 0.267 e. The normalized spacial score (nSPS) is 11.1. The van der Waals surface area contributed by atoms with Crippen molar-refractivity contribution < 1.29 is 14.0 Å². The van der Waals surface area contributed by atoms with Crippen LogP contribution in [0.4, 0.5) is 5.13 Å². The summed E-state index contributed by atoms with van der Waals surface area (Å²) < 4.78 is 5.38. The van der Waals surface area contributed by atoms with Crippen LogP contribution in [0.1, 0.15) is 26.6 Å². The standard InChI is InChI=1S/C18H15N5O3S2/c1-8-13-9(2)20-15(11-4-3-5-26-11)22-17(13)28-14(8)16(25)23-18-21-10(7-27-18)6-12(19)24/h3-5,7H,6H2,1-2H3,(H2,19,24)(H,21,23,25). The third-order valence-electron chi connectivity index (χ3n) is 4.05. The summed E-state index contributed by atoms with van der Waals surface area (Å²) in [6.45, 7) is 3.76. The van der Waals surface area contributed by atoms with E-state index in [-0.39, 0.29) is 12.3 Å². The first-order valence-corrected chi connectivity index (χ1v) is 9.97. The maximum atomic E-state index is 12.8. The number of thiazole rings is 1. The lowest BCUT2D eigenvalue weighted by molar-refractivity contribution is -0.117. The van der Waals surface area contributed by atoms with Gasteiger partial charge in [-0.2, -0.15) is 0 Å². The molecule has 142 valence electrons. The Morgan fingerprint density at radius 2 is 2.07 bits per heavy atom. The highest BCUT2D eigenvalue weighted by molar-refractivity contribution is 7.21. The van der Waals surface area contributed by atoms with Gasteiger partial charge < -0.3 is 10.2 Å². The van der Waals surface area contributed by atoms with Gasteiger partial charge in [-0.3, -0.25) is 14.9 Å². The van der Waals surface area contributed by atoms with E-state index in [1.165, 1.54) is 22.7 Å². The minimum absolute atomic E-state index is 0.0403. The first kappa shape index (κ1) is 18.3. The number of amides is 2. The van der Waals surface area contributed by atoms with Crippen LogP contribution in [-0.4, -0.2) is 26.8 Å². The number of furan rings is 1. The number of nitrogens with zero attached hydrogens (tertiary/aromatic N) is 3. The summed E-state index contributed by atoms with van der Waals surface area (Å²) in [6.07, 6.45) is 1.61. The molecule has 4 heterocycles. The number of rotatable bonds is 5. The van der Waals surface area contributed by atoms with Gasteiger partial charge in [0.2, 0.25) is 5.91 Å². The van der Waals surface area contributed by atoms with Crippen LogP contribution < -0.4 is 11.1 Å². The number of carbonyl (C=O) groups is 2. The maximum absolute atomic E-state index is 12.8. The van der Waals surface area contributed by atoms with Crippen LogP contribution in [0, 0.1) is 13.8 Å². The lowest BCUT2D eigenvalue weighted by Crippen LogP contribution is -2.14. The molecule has 0 aliphatic carbocycles. The fourth-order valence-electron chi connectivity index (χ4n) is 2.85. The van der Waals surface area contributed by atoms with E-state index < -0.39 is 5.91 Å². The average Bonchev–Trinajstić information content (AvgIpc) is 3.35. The van der Waals surface area contributed by atoms with Gasteiger partial charge in [0.05, 0.1) is 28.9 Å². The van der Waals surface area contributed by atoms with Crippen LogP contribution >= 0.6 is 22.7 Å².